The van der Waals surface area contributed by atoms with Gasteiger partial charge in [0.05, 0.1) is 24.8 Å². The van der Waals surface area contributed by atoms with E-state index in [-0.39, 0.29) is 28.8 Å². The first-order valence-electron chi connectivity index (χ1n) is 12.1. The highest BCUT2D eigenvalue weighted by atomic mass is 79.9. The fourth-order valence-electron chi connectivity index (χ4n) is 3.97. The Morgan fingerprint density at radius 2 is 1.69 bits per heavy atom. The van der Waals surface area contributed by atoms with Crippen molar-refractivity contribution >= 4 is 43.5 Å². The molecule has 0 radical (unpaired) electrons. The first kappa shape index (κ1) is 30.0. The summed E-state index contributed by atoms with van der Waals surface area (Å²) >= 11 is 3.43. The van der Waals surface area contributed by atoms with E-state index in [9.17, 15) is 18.0 Å². The maximum Gasteiger partial charge on any atom is 0.264 e. The van der Waals surface area contributed by atoms with Crippen LogP contribution in [-0.2, 0) is 26.2 Å². The lowest BCUT2D eigenvalue weighted by molar-refractivity contribution is -0.139. The van der Waals surface area contributed by atoms with Crippen molar-refractivity contribution in [2.45, 2.75) is 31.3 Å². The Bertz CT molecular complexity index is 1430. The highest BCUT2D eigenvalue weighted by molar-refractivity contribution is 9.10. The van der Waals surface area contributed by atoms with Crippen LogP contribution in [0.15, 0.2) is 76.1 Å². The fraction of sp³-hybridized carbons (Fsp3) is 0.286. The molecule has 0 spiro atoms. The Hall–Kier alpha value is -3.57. The van der Waals surface area contributed by atoms with E-state index in [0.29, 0.717) is 5.75 Å². The van der Waals surface area contributed by atoms with Gasteiger partial charge < -0.3 is 19.7 Å². The Morgan fingerprint density at radius 1 is 1.00 bits per heavy atom. The molecule has 2 amide bonds. The number of anilines is 1. The normalized spacial score (nSPS) is 11.8. The van der Waals surface area contributed by atoms with Gasteiger partial charge in [0.25, 0.3) is 10.0 Å². The fourth-order valence-corrected chi connectivity index (χ4v) is 5.83. The summed E-state index contributed by atoms with van der Waals surface area (Å²) in [6.07, 6.45) is 0. The van der Waals surface area contributed by atoms with Gasteiger partial charge in [-0.25, -0.2) is 8.42 Å². The molecule has 0 aliphatic heterocycles. The number of sulfonamides is 1. The third kappa shape index (κ3) is 7.10. The largest absolute Gasteiger partial charge is 0.497 e. The lowest BCUT2D eigenvalue weighted by Crippen LogP contribution is -2.50. The number of carbonyl (C=O) groups is 2. The van der Waals surface area contributed by atoms with E-state index < -0.39 is 28.5 Å². The van der Waals surface area contributed by atoms with Gasteiger partial charge in [-0.05, 0) is 55.8 Å². The number of hydrogen-bond donors (Lipinski definition) is 1. The van der Waals surface area contributed by atoms with E-state index in [4.69, 9.17) is 9.47 Å². The van der Waals surface area contributed by atoms with Crippen LogP contribution in [0, 0.1) is 6.92 Å². The van der Waals surface area contributed by atoms with Gasteiger partial charge in [0.1, 0.15) is 24.1 Å². The highest BCUT2D eigenvalue weighted by Gasteiger charge is 2.34. The van der Waals surface area contributed by atoms with Gasteiger partial charge >= 0.3 is 0 Å². The first-order chi connectivity index (χ1) is 18.5. The second-order valence-corrected chi connectivity index (χ2v) is 11.6. The van der Waals surface area contributed by atoms with Crippen LogP contribution in [0.1, 0.15) is 18.1 Å². The van der Waals surface area contributed by atoms with Crippen LogP contribution in [0.25, 0.3) is 0 Å². The number of carbonyl (C=O) groups excluding carboxylic acids is 2. The lowest BCUT2D eigenvalue weighted by atomic mass is 10.1. The van der Waals surface area contributed by atoms with Crippen molar-refractivity contribution in [2.24, 2.45) is 0 Å². The molecule has 3 rings (SSSR count). The van der Waals surface area contributed by atoms with Gasteiger partial charge in [-0.1, -0.05) is 45.8 Å². The summed E-state index contributed by atoms with van der Waals surface area (Å²) in [5, 5.41) is 2.57. The third-order valence-electron chi connectivity index (χ3n) is 6.20. The van der Waals surface area contributed by atoms with Gasteiger partial charge in [-0.2, -0.15) is 0 Å². The number of benzene rings is 3. The number of amides is 2. The Morgan fingerprint density at radius 3 is 2.28 bits per heavy atom. The van der Waals surface area contributed by atoms with Crippen molar-refractivity contribution in [3.8, 4) is 11.5 Å². The van der Waals surface area contributed by atoms with Gasteiger partial charge in [-0.15, -0.1) is 0 Å². The Labute approximate surface area is 237 Å². The van der Waals surface area contributed by atoms with Crippen molar-refractivity contribution < 1.29 is 27.5 Å². The molecule has 1 atom stereocenters. The summed E-state index contributed by atoms with van der Waals surface area (Å²) in [5.41, 5.74) is 1.77. The Kier molecular flexibility index (Phi) is 9.98. The van der Waals surface area contributed by atoms with Gasteiger partial charge in [0.15, 0.2) is 0 Å². The molecular formula is C28H32BrN3O6S. The molecule has 0 aliphatic carbocycles. The number of halogens is 1. The Balaban J connectivity index is 2.13. The lowest BCUT2D eigenvalue weighted by Gasteiger charge is -2.32. The summed E-state index contributed by atoms with van der Waals surface area (Å²) in [5.74, 6) is -0.346. The minimum atomic E-state index is -4.25. The van der Waals surface area contributed by atoms with E-state index >= 15 is 0 Å². The zero-order valence-electron chi connectivity index (χ0n) is 22.5. The van der Waals surface area contributed by atoms with Crippen LogP contribution in [0.4, 0.5) is 5.69 Å². The standard InChI is InChI=1S/C28H32BrN3O6S/c1-19-9-12-24(13-10-19)39(35,36)32(25-16-23(37-4)11-14-26(25)38-5)18-27(33)31(20(2)28(34)30-3)17-21-7-6-8-22(29)15-21/h6-16,20H,17-18H2,1-5H3,(H,30,34). The summed E-state index contributed by atoms with van der Waals surface area (Å²) in [4.78, 5) is 27.9. The molecule has 3 aromatic carbocycles. The average molecular weight is 619 g/mol. The molecule has 0 bridgehead atoms. The molecule has 0 heterocycles. The highest BCUT2D eigenvalue weighted by Crippen LogP contribution is 2.36. The minimum Gasteiger partial charge on any atom is -0.497 e. The van der Waals surface area contributed by atoms with Gasteiger partial charge in [-0.3, -0.25) is 13.9 Å². The molecule has 0 aliphatic rings. The van der Waals surface area contributed by atoms with Gasteiger partial charge in [0.2, 0.25) is 11.8 Å². The number of likely N-dealkylation sites (N-methyl/N-ethyl adjacent to an activating group) is 1. The van der Waals surface area contributed by atoms with Crippen LogP contribution in [0.2, 0.25) is 0 Å². The molecule has 1 unspecified atom stereocenters. The van der Waals surface area contributed by atoms with E-state index in [0.717, 1.165) is 19.9 Å². The second-order valence-electron chi connectivity index (χ2n) is 8.80. The maximum atomic E-state index is 14.0. The predicted octanol–water partition coefficient (Wildman–Crippen LogP) is 4.13. The molecule has 0 saturated heterocycles. The number of methoxy groups -OCH3 is 2. The number of nitrogens with one attached hydrogen (secondary N) is 1. The smallest absolute Gasteiger partial charge is 0.264 e. The third-order valence-corrected chi connectivity index (χ3v) is 8.47. The van der Waals surface area contributed by atoms with Crippen LogP contribution in [-0.4, -0.2) is 59.0 Å². The quantitative estimate of drug-likeness (QED) is 0.347. The number of nitrogens with zero attached hydrogens (tertiary/aromatic N) is 2. The predicted molar refractivity (Wildman–Crippen MR) is 153 cm³/mol. The van der Waals surface area contributed by atoms with E-state index in [1.807, 2.05) is 31.2 Å². The molecule has 11 heteroatoms. The van der Waals surface area contributed by atoms with Crippen molar-refractivity contribution in [3.63, 3.8) is 0 Å². The van der Waals surface area contributed by atoms with Crippen LogP contribution in [0.3, 0.4) is 0 Å². The monoisotopic (exact) mass is 617 g/mol. The second kappa shape index (κ2) is 13.0. The molecular weight excluding hydrogens is 586 g/mol. The molecule has 39 heavy (non-hydrogen) atoms. The minimum absolute atomic E-state index is 0.00339. The summed E-state index contributed by atoms with van der Waals surface area (Å²) in [6.45, 7) is 2.94. The summed E-state index contributed by atoms with van der Waals surface area (Å²) in [7, 11) is 0.108. The molecule has 0 aromatic heterocycles. The number of hydrogen-bond acceptors (Lipinski definition) is 6. The van der Waals surface area contributed by atoms with Crippen LogP contribution >= 0.6 is 15.9 Å². The molecule has 0 saturated carbocycles. The van der Waals surface area contributed by atoms with Crippen LogP contribution in [0.5, 0.6) is 11.5 Å². The number of aryl methyl sites for hydroxylation is 1. The topological polar surface area (TPSA) is 105 Å². The maximum absolute atomic E-state index is 14.0. The van der Waals surface area contributed by atoms with Crippen LogP contribution < -0.4 is 19.1 Å². The van der Waals surface area contributed by atoms with Gasteiger partial charge in [0, 0.05) is 24.1 Å². The summed E-state index contributed by atoms with van der Waals surface area (Å²) in [6, 6.07) is 17.5. The number of rotatable bonds is 11. The SMILES string of the molecule is CNC(=O)C(C)N(Cc1cccc(Br)c1)C(=O)CN(c1cc(OC)ccc1OC)S(=O)(=O)c1ccc(C)cc1. The number of ether oxygens (including phenoxy) is 2. The first-order valence-corrected chi connectivity index (χ1v) is 14.3. The van der Waals surface area contributed by atoms with E-state index in [1.54, 1.807) is 31.2 Å². The average Bonchev–Trinajstić information content (AvgIpc) is 2.93. The van der Waals surface area contributed by atoms with E-state index in [2.05, 4.69) is 21.2 Å². The molecule has 208 valence electrons. The molecule has 3 aromatic rings. The zero-order chi connectivity index (χ0) is 28.7. The van der Waals surface area contributed by atoms with Crippen molar-refractivity contribution in [1.29, 1.82) is 0 Å². The molecule has 1 N–H and O–H groups in total. The van der Waals surface area contributed by atoms with Crippen molar-refractivity contribution in [3.05, 3.63) is 82.3 Å². The zero-order valence-corrected chi connectivity index (χ0v) is 24.9. The van der Waals surface area contributed by atoms with Crippen molar-refractivity contribution in [1.82, 2.24) is 10.2 Å². The summed E-state index contributed by atoms with van der Waals surface area (Å²) < 4.78 is 40.6. The molecule has 9 nitrogen and oxygen atoms in total. The molecule has 0 fully saturated rings. The van der Waals surface area contributed by atoms with E-state index in [1.165, 1.54) is 44.4 Å². The van der Waals surface area contributed by atoms with Crippen molar-refractivity contribution in [2.75, 3.05) is 32.1 Å².